The van der Waals surface area contributed by atoms with E-state index in [4.69, 9.17) is 14.3 Å². The van der Waals surface area contributed by atoms with E-state index in [2.05, 4.69) is 0 Å². The van der Waals surface area contributed by atoms with Crippen LogP contribution in [-0.2, 0) is 6.54 Å². The number of carboxylic acid groups (broad SMARTS) is 1. The summed E-state index contributed by atoms with van der Waals surface area (Å²) in [4.78, 5) is 22.7. The van der Waals surface area contributed by atoms with Gasteiger partial charge in [-0.05, 0) is 48.9 Å². The highest BCUT2D eigenvalue weighted by molar-refractivity contribution is 5.87. The molecular weight excluding hydrogens is 298 g/mol. The molecule has 6 nitrogen and oxygen atoms in total. The van der Waals surface area contributed by atoms with Crippen molar-refractivity contribution in [1.82, 2.24) is 4.57 Å². The lowest BCUT2D eigenvalue weighted by molar-refractivity contribution is 0.0697. The second kappa shape index (κ2) is 6.00. The van der Waals surface area contributed by atoms with Gasteiger partial charge in [-0.15, -0.1) is 0 Å². The third-order valence-electron chi connectivity index (χ3n) is 3.51. The van der Waals surface area contributed by atoms with Crippen LogP contribution in [0.2, 0.25) is 0 Å². The van der Waals surface area contributed by atoms with Gasteiger partial charge in [-0.25, -0.2) is 9.59 Å². The number of oxazole rings is 1. The zero-order valence-corrected chi connectivity index (χ0v) is 12.5. The van der Waals surface area contributed by atoms with Crippen molar-refractivity contribution in [2.75, 3.05) is 6.61 Å². The van der Waals surface area contributed by atoms with E-state index in [1.54, 1.807) is 18.2 Å². The molecule has 0 fully saturated rings. The molecule has 0 bridgehead atoms. The third-order valence-corrected chi connectivity index (χ3v) is 3.51. The number of aryl methyl sites for hydroxylation is 1. The summed E-state index contributed by atoms with van der Waals surface area (Å²) < 4.78 is 12.3. The average Bonchev–Trinajstić information content (AvgIpc) is 2.83. The normalized spacial score (nSPS) is 10.8. The number of nitrogens with zero attached hydrogens (tertiary/aromatic N) is 1. The number of carboxylic acids is 1. The highest BCUT2D eigenvalue weighted by Crippen LogP contribution is 2.15. The molecule has 1 N–H and O–H groups in total. The highest BCUT2D eigenvalue weighted by atomic mass is 16.5. The second-order valence-electron chi connectivity index (χ2n) is 5.17. The largest absolute Gasteiger partial charge is 0.492 e. The lowest BCUT2D eigenvalue weighted by Crippen LogP contribution is -2.18. The smallest absolute Gasteiger partial charge is 0.420 e. The van der Waals surface area contributed by atoms with Crippen LogP contribution in [0.1, 0.15) is 15.9 Å². The van der Waals surface area contributed by atoms with Gasteiger partial charge in [0.1, 0.15) is 12.4 Å². The van der Waals surface area contributed by atoms with Crippen LogP contribution in [0, 0.1) is 6.92 Å². The van der Waals surface area contributed by atoms with Crippen molar-refractivity contribution < 1.29 is 19.1 Å². The zero-order valence-electron chi connectivity index (χ0n) is 12.5. The van der Waals surface area contributed by atoms with Gasteiger partial charge in [0, 0.05) is 0 Å². The van der Waals surface area contributed by atoms with Gasteiger partial charge in [0.25, 0.3) is 0 Å². The summed E-state index contributed by atoms with van der Waals surface area (Å²) in [5.41, 5.74) is 2.52. The molecule has 0 radical (unpaired) electrons. The van der Waals surface area contributed by atoms with E-state index in [1.165, 1.54) is 16.7 Å². The minimum atomic E-state index is -0.983. The molecule has 0 aliphatic heterocycles. The molecule has 3 aromatic rings. The summed E-state index contributed by atoms with van der Waals surface area (Å²) in [6.45, 7) is 2.56. The van der Waals surface area contributed by atoms with Crippen molar-refractivity contribution in [2.24, 2.45) is 0 Å². The van der Waals surface area contributed by atoms with Crippen molar-refractivity contribution in [3.05, 3.63) is 64.1 Å². The van der Waals surface area contributed by atoms with Gasteiger partial charge in [0.15, 0.2) is 5.58 Å². The van der Waals surface area contributed by atoms with Crippen molar-refractivity contribution >= 4 is 17.1 Å². The van der Waals surface area contributed by atoms with E-state index in [-0.39, 0.29) is 12.2 Å². The molecule has 23 heavy (non-hydrogen) atoms. The summed E-state index contributed by atoms with van der Waals surface area (Å²) in [6.07, 6.45) is 0. The molecule has 3 rings (SSSR count). The molecule has 0 spiro atoms. The van der Waals surface area contributed by atoms with Crippen molar-refractivity contribution in [3.8, 4) is 5.75 Å². The number of hydrogen-bond donors (Lipinski definition) is 1. The van der Waals surface area contributed by atoms with Crippen LogP contribution in [0.25, 0.3) is 11.1 Å². The number of benzene rings is 2. The predicted octanol–water partition coefficient (Wildman–Crippen LogP) is 2.68. The van der Waals surface area contributed by atoms with Crippen LogP contribution >= 0.6 is 0 Å². The van der Waals surface area contributed by atoms with Gasteiger partial charge in [-0.3, -0.25) is 4.57 Å². The van der Waals surface area contributed by atoms with Crippen LogP contribution in [0.15, 0.2) is 51.7 Å². The van der Waals surface area contributed by atoms with Crippen LogP contribution in [-0.4, -0.2) is 22.2 Å². The molecule has 0 amide bonds. The molecule has 2 aromatic carbocycles. The third kappa shape index (κ3) is 3.11. The zero-order chi connectivity index (χ0) is 16.4. The molecule has 0 saturated carbocycles. The Bertz CT molecular complexity index is 905. The number of ether oxygens (including phenoxy) is 1. The number of rotatable bonds is 5. The molecule has 0 aliphatic rings. The van der Waals surface area contributed by atoms with Crippen LogP contribution < -0.4 is 10.5 Å². The molecular formula is C17H15NO5. The first kappa shape index (κ1) is 14.9. The Morgan fingerprint density at radius 2 is 1.96 bits per heavy atom. The second-order valence-corrected chi connectivity index (χ2v) is 5.17. The Morgan fingerprint density at radius 1 is 1.22 bits per heavy atom. The Balaban J connectivity index is 1.71. The van der Waals surface area contributed by atoms with E-state index in [0.717, 1.165) is 11.1 Å². The quantitative estimate of drug-likeness (QED) is 0.783. The van der Waals surface area contributed by atoms with E-state index in [0.29, 0.717) is 17.9 Å². The van der Waals surface area contributed by atoms with Gasteiger partial charge < -0.3 is 14.3 Å². The molecule has 6 heteroatoms. The SMILES string of the molecule is Cc1ccc2oc(=O)n(CCOc3ccc(C(=O)O)cc3)c2c1. The summed E-state index contributed by atoms with van der Waals surface area (Å²) in [5, 5.41) is 8.84. The van der Waals surface area contributed by atoms with E-state index in [9.17, 15) is 9.59 Å². The minimum Gasteiger partial charge on any atom is -0.492 e. The topological polar surface area (TPSA) is 81.7 Å². The van der Waals surface area contributed by atoms with Gasteiger partial charge in [-0.1, -0.05) is 6.07 Å². The van der Waals surface area contributed by atoms with Crippen molar-refractivity contribution in [3.63, 3.8) is 0 Å². The number of aromatic carboxylic acids is 1. The first-order valence-corrected chi connectivity index (χ1v) is 7.11. The maximum Gasteiger partial charge on any atom is 0.420 e. The Morgan fingerprint density at radius 3 is 2.65 bits per heavy atom. The van der Waals surface area contributed by atoms with Crippen LogP contribution in [0.3, 0.4) is 0 Å². The number of hydrogen-bond acceptors (Lipinski definition) is 4. The van der Waals surface area contributed by atoms with Crippen LogP contribution in [0.5, 0.6) is 5.75 Å². The molecule has 0 saturated heterocycles. The Hall–Kier alpha value is -3.02. The van der Waals surface area contributed by atoms with E-state index in [1.807, 2.05) is 19.1 Å². The Labute approximate surface area is 131 Å². The number of fused-ring (bicyclic) bond motifs is 1. The standard InChI is InChI=1S/C17H15NO5/c1-11-2-7-15-14(10-11)18(17(21)23-15)8-9-22-13-5-3-12(4-6-13)16(19)20/h2-7,10H,8-9H2,1H3,(H,19,20). The van der Waals surface area contributed by atoms with Gasteiger partial charge in [0.2, 0.25) is 0 Å². The summed E-state index contributed by atoms with van der Waals surface area (Å²) in [6, 6.07) is 11.7. The monoisotopic (exact) mass is 313 g/mol. The predicted molar refractivity (Wildman–Crippen MR) is 84.1 cm³/mol. The van der Waals surface area contributed by atoms with Gasteiger partial charge in [-0.2, -0.15) is 0 Å². The Kier molecular flexibility index (Phi) is 3.89. The lowest BCUT2D eigenvalue weighted by Gasteiger charge is -2.07. The fraction of sp³-hybridized carbons (Fsp3) is 0.176. The van der Waals surface area contributed by atoms with Crippen molar-refractivity contribution in [1.29, 1.82) is 0 Å². The highest BCUT2D eigenvalue weighted by Gasteiger charge is 2.09. The van der Waals surface area contributed by atoms with Gasteiger partial charge >= 0.3 is 11.7 Å². The average molecular weight is 313 g/mol. The fourth-order valence-corrected chi connectivity index (χ4v) is 2.33. The number of carbonyl (C=O) groups is 1. The first-order chi connectivity index (χ1) is 11.0. The van der Waals surface area contributed by atoms with Gasteiger partial charge in [0.05, 0.1) is 17.6 Å². The van der Waals surface area contributed by atoms with Crippen molar-refractivity contribution in [2.45, 2.75) is 13.5 Å². The van der Waals surface area contributed by atoms with Crippen LogP contribution in [0.4, 0.5) is 0 Å². The summed E-state index contributed by atoms with van der Waals surface area (Å²) in [7, 11) is 0. The summed E-state index contributed by atoms with van der Waals surface area (Å²) in [5.74, 6) is -0.856. The number of aromatic nitrogens is 1. The fourth-order valence-electron chi connectivity index (χ4n) is 2.33. The lowest BCUT2D eigenvalue weighted by atomic mass is 10.2. The molecule has 118 valence electrons. The molecule has 1 heterocycles. The van der Waals surface area contributed by atoms with E-state index < -0.39 is 11.7 Å². The minimum absolute atomic E-state index is 0.199. The first-order valence-electron chi connectivity index (χ1n) is 7.11. The molecule has 0 unspecified atom stereocenters. The maximum absolute atomic E-state index is 11.9. The summed E-state index contributed by atoms with van der Waals surface area (Å²) >= 11 is 0. The molecule has 0 atom stereocenters. The molecule has 1 aromatic heterocycles. The molecule has 0 aliphatic carbocycles. The van der Waals surface area contributed by atoms with E-state index >= 15 is 0 Å². The maximum atomic E-state index is 11.9.